The Morgan fingerprint density at radius 2 is 1.59 bits per heavy atom. The molecule has 0 aliphatic heterocycles. The molecule has 0 aliphatic rings. The quantitative estimate of drug-likeness (QED) is 0.234. The van der Waals surface area contributed by atoms with E-state index >= 15 is 0 Å². The summed E-state index contributed by atoms with van der Waals surface area (Å²) in [5.41, 5.74) is 5.44. The van der Waals surface area contributed by atoms with Gasteiger partial charge in [0.25, 0.3) is 5.91 Å². The highest BCUT2D eigenvalue weighted by Gasteiger charge is 2.11. The van der Waals surface area contributed by atoms with Gasteiger partial charge in [-0.2, -0.15) is 10.2 Å². The molecule has 1 heterocycles. The maximum absolute atomic E-state index is 12.6. The van der Waals surface area contributed by atoms with Crippen molar-refractivity contribution in [2.45, 2.75) is 0 Å². The number of hydrogen-bond donors (Lipinski definition) is 2. The molecule has 4 aromatic carbocycles. The second-order valence-corrected chi connectivity index (χ2v) is 7.33. The number of nitrogens with zero attached hydrogens (tertiary/aromatic N) is 2. The van der Waals surface area contributed by atoms with Crippen molar-refractivity contribution in [1.82, 2.24) is 15.6 Å². The predicted octanol–water partition coefficient (Wildman–Crippen LogP) is 5.16. The molecule has 0 unspecified atom stereocenters. The third-order valence-corrected chi connectivity index (χ3v) is 5.38. The van der Waals surface area contributed by atoms with Crippen LogP contribution in [0.15, 0.2) is 90.0 Å². The number of benzene rings is 4. The van der Waals surface area contributed by atoms with Crippen molar-refractivity contribution in [3.05, 3.63) is 96.2 Å². The highest BCUT2D eigenvalue weighted by Crippen LogP contribution is 2.27. The summed E-state index contributed by atoms with van der Waals surface area (Å²) in [6.45, 7) is 0. The van der Waals surface area contributed by atoms with E-state index in [0.29, 0.717) is 11.4 Å². The molecule has 1 amide bonds. The van der Waals surface area contributed by atoms with E-state index in [1.165, 1.54) is 0 Å². The molecule has 6 heteroatoms. The molecule has 32 heavy (non-hydrogen) atoms. The topological polar surface area (TPSA) is 79.4 Å². The van der Waals surface area contributed by atoms with Gasteiger partial charge in [0, 0.05) is 11.1 Å². The van der Waals surface area contributed by atoms with Crippen molar-refractivity contribution in [2.24, 2.45) is 5.10 Å². The van der Waals surface area contributed by atoms with Crippen molar-refractivity contribution in [3.63, 3.8) is 0 Å². The molecule has 0 bridgehead atoms. The number of carbonyl (C=O) groups is 1. The van der Waals surface area contributed by atoms with Crippen LogP contribution in [-0.4, -0.2) is 29.4 Å². The molecular weight excluding hydrogens is 400 g/mol. The Kier molecular flexibility index (Phi) is 5.09. The number of amides is 1. The van der Waals surface area contributed by atoms with Crippen LogP contribution in [0.1, 0.15) is 16.1 Å². The van der Waals surface area contributed by atoms with Gasteiger partial charge in [-0.15, -0.1) is 0 Å². The zero-order chi connectivity index (χ0) is 21.9. The molecule has 1 aromatic heterocycles. The van der Waals surface area contributed by atoms with Gasteiger partial charge in [-0.05, 0) is 57.9 Å². The molecule has 156 valence electrons. The summed E-state index contributed by atoms with van der Waals surface area (Å²) >= 11 is 0. The van der Waals surface area contributed by atoms with E-state index in [9.17, 15) is 4.79 Å². The average Bonchev–Trinajstić information content (AvgIpc) is 3.34. The Morgan fingerprint density at radius 3 is 2.25 bits per heavy atom. The second kappa shape index (κ2) is 8.35. The summed E-state index contributed by atoms with van der Waals surface area (Å²) in [6.07, 6.45) is 1.70. The van der Waals surface area contributed by atoms with E-state index in [1.54, 1.807) is 19.4 Å². The van der Waals surface area contributed by atoms with Gasteiger partial charge in [-0.1, -0.05) is 48.5 Å². The molecule has 0 radical (unpaired) electrons. The monoisotopic (exact) mass is 420 g/mol. The number of methoxy groups -OCH3 is 1. The lowest BCUT2D eigenvalue weighted by molar-refractivity contribution is 0.0950. The highest BCUT2D eigenvalue weighted by atomic mass is 16.5. The number of hydrogen-bond acceptors (Lipinski definition) is 4. The second-order valence-electron chi connectivity index (χ2n) is 7.33. The first kappa shape index (κ1) is 19.5. The smallest absolute Gasteiger partial charge is 0.289 e. The summed E-state index contributed by atoms with van der Waals surface area (Å²) in [5.74, 6) is 0.399. The highest BCUT2D eigenvalue weighted by molar-refractivity contribution is 6.13. The maximum atomic E-state index is 12.6. The summed E-state index contributed by atoms with van der Waals surface area (Å²) in [7, 11) is 1.62. The minimum atomic E-state index is -0.363. The first-order chi connectivity index (χ1) is 15.7. The van der Waals surface area contributed by atoms with Crippen LogP contribution in [0.25, 0.3) is 32.8 Å². The van der Waals surface area contributed by atoms with Crippen LogP contribution in [0.2, 0.25) is 0 Å². The van der Waals surface area contributed by atoms with Crippen LogP contribution >= 0.6 is 0 Å². The third-order valence-electron chi connectivity index (χ3n) is 5.38. The molecule has 0 saturated heterocycles. The Labute approximate surface area is 184 Å². The normalized spacial score (nSPS) is 11.3. The minimum absolute atomic E-state index is 0.329. The van der Waals surface area contributed by atoms with Crippen LogP contribution in [0, 0.1) is 0 Å². The number of fused-ring (bicyclic) bond motifs is 2. The lowest BCUT2D eigenvalue weighted by Gasteiger charge is -2.07. The number of nitrogens with one attached hydrogen (secondary N) is 2. The lowest BCUT2D eigenvalue weighted by atomic mass is 9.97. The first-order valence-corrected chi connectivity index (χ1v) is 10.2. The molecule has 5 rings (SSSR count). The average molecular weight is 420 g/mol. The maximum Gasteiger partial charge on any atom is 0.289 e. The molecule has 0 aliphatic carbocycles. The number of rotatable bonds is 5. The Bertz CT molecular complexity index is 1400. The standard InChI is InChI=1S/C26H20N4O2/c1-32-20-12-10-17(11-13-20)24-15-25(29-28-24)26(31)30-27-16-23-21-8-4-2-6-18(21)14-19-7-3-5-9-22(19)23/h2-16H,1H3,(H,28,29)(H,30,31)/b27-16-. The fraction of sp³-hybridized carbons (Fsp3) is 0.0385. The zero-order valence-electron chi connectivity index (χ0n) is 17.4. The SMILES string of the molecule is COc1ccc(-c2cc(C(=O)N/N=C\c3c4ccccc4cc4ccccc34)[nH]n2)cc1. The Hall–Kier alpha value is -4.45. The first-order valence-electron chi connectivity index (χ1n) is 10.2. The van der Waals surface area contributed by atoms with Gasteiger partial charge in [-0.25, -0.2) is 5.43 Å². The summed E-state index contributed by atoms with van der Waals surface area (Å²) in [4.78, 5) is 12.6. The van der Waals surface area contributed by atoms with Gasteiger partial charge >= 0.3 is 0 Å². The molecule has 0 spiro atoms. The van der Waals surface area contributed by atoms with Crippen molar-refractivity contribution >= 4 is 33.7 Å². The minimum Gasteiger partial charge on any atom is -0.497 e. The molecule has 0 atom stereocenters. The Morgan fingerprint density at radius 1 is 0.938 bits per heavy atom. The van der Waals surface area contributed by atoms with Gasteiger partial charge in [0.15, 0.2) is 0 Å². The van der Waals surface area contributed by atoms with E-state index in [2.05, 4.69) is 51.1 Å². The van der Waals surface area contributed by atoms with E-state index in [0.717, 1.165) is 38.4 Å². The number of ether oxygens (including phenoxy) is 1. The fourth-order valence-electron chi connectivity index (χ4n) is 3.75. The van der Waals surface area contributed by atoms with Gasteiger partial charge in [0.05, 0.1) is 19.0 Å². The molecular formula is C26H20N4O2. The van der Waals surface area contributed by atoms with Gasteiger partial charge < -0.3 is 4.74 Å². The van der Waals surface area contributed by atoms with Crippen LogP contribution in [0.3, 0.4) is 0 Å². The van der Waals surface area contributed by atoms with E-state index in [-0.39, 0.29) is 5.91 Å². The predicted molar refractivity (Wildman–Crippen MR) is 127 cm³/mol. The Balaban J connectivity index is 1.39. The van der Waals surface area contributed by atoms with Crippen molar-refractivity contribution < 1.29 is 9.53 Å². The fourth-order valence-corrected chi connectivity index (χ4v) is 3.75. The number of aromatic nitrogens is 2. The van der Waals surface area contributed by atoms with Crippen molar-refractivity contribution in [3.8, 4) is 17.0 Å². The zero-order valence-corrected chi connectivity index (χ0v) is 17.4. The third kappa shape index (κ3) is 3.70. The summed E-state index contributed by atoms with van der Waals surface area (Å²) < 4.78 is 5.17. The molecule has 2 N–H and O–H groups in total. The molecule has 0 saturated carbocycles. The molecule has 0 fully saturated rings. The van der Waals surface area contributed by atoms with E-state index in [1.807, 2.05) is 48.5 Å². The number of H-pyrrole nitrogens is 1. The summed E-state index contributed by atoms with van der Waals surface area (Å²) in [6, 6.07) is 27.6. The number of aromatic amines is 1. The summed E-state index contributed by atoms with van der Waals surface area (Å²) in [5, 5.41) is 15.6. The largest absolute Gasteiger partial charge is 0.497 e. The van der Waals surface area contributed by atoms with Crippen LogP contribution in [-0.2, 0) is 0 Å². The molecule has 6 nitrogen and oxygen atoms in total. The van der Waals surface area contributed by atoms with Gasteiger partial charge in [-0.3, -0.25) is 9.89 Å². The van der Waals surface area contributed by atoms with Crippen LogP contribution in [0.5, 0.6) is 5.75 Å². The number of carbonyl (C=O) groups excluding carboxylic acids is 1. The van der Waals surface area contributed by atoms with Crippen molar-refractivity contribution in [1.29, 1.82) is 0 Å². The van der Waals surface area contributed by atoms with Gasteiger partial charge in [0.1, 0.15) is 11.4 Å². The van der Waals surface area contributed by atoms with Gasteiger partial charge in [0.2, 0.25) is 0 Å². The van der Waals surface area contributed by atoms with Crippen LogP contribution in [0.4, 0.5) is 0 Å². The molecule has 5 aromatic rings. The van der Waals surface area contributed by atoms with Crippen LogP contribution < -0.4 is 10.2 Å². The van der Waals surface area contributed by atoms with E-state index < -0.39 is 0 Å². The number of hydrazone groups is 1. The van der Waals surface area contributed by atoms with E-state index in [4.69, 9.17) is 4.74 Å². The lowest BCUT2D eigenvalue weighted by Crippen LogP contribution is -2.18. The van der Waals surface area contributed by atoms with Crippen molar-refractivity contribution in [2.75, 3.05) is 7.11 Å².